The van der Waals surface area contributed by atoms with Crippen LogP contribution in [0.2, 0.25) is 0 Å². The molecule has 0 aromatic carbocycles. The number of hydrogen-bond acceptors (Lipinski definition) is 4. The molecule has 1 aliphatic heterocycles. The van der Waals surface area contributed by atoms with Gasteiger partial charge in [0.2, 0.25) is 5.91 Å². The molecular weight excluding hydrogens is 368 g/mol. The first kappa shape index (κ1) is 18.6. The maximum absolute atomic E-state index is 13.5. The van der Waals surface area contributed by atoms with Crippen LogP contribution in [0.4, 0.5) is 0 Å². The van der Waals surface area contributed by atoms with Crippen LogP contribution in [0.5, 0.6) is 0 Å². The summed E-state index contributed by atoms with van der Waals surface area (Å²) in [6.45, 7) is 2.27. The Morgan fingerprint density at radius 1 is 0.897 bits per heavy atom. The van der Waals surface area contributed by atoms with Crippen LogP contribution < -0.4 is 5.73 Å². The first-order valence-corrected chi connectivity index (χ1v) is 10.8. The number of primary amides is 1. The number of piperazine rings is 1. The van der Waals surface area contributed by atoms with Gasteiger partial charge in [-0.3, -0.25) is 19.4 Å². The van der Waals surface area contributed by atoms with Crippen LogP contribution in [0.1, 0.15) is 59.4 Å². The molecular formula is C22H28N4O3. The second-order valence-corrected chi connectivity index (χ2v) is 9.58. The molecule has 4 saturated carbocycles. The molecule has 0 spiro atoms. The lowest BCUT2D eigenvalue weighted by molar-refractivity contribution is -0.159. The molecule has 2 N–H and O–H groups in total. The van der Waals surface area contributed by atoms with Crippen molar-refractivity contribution in [1.29, 1.82) is 0 Å². The summed E-state index contributed by atoms with van der Waals surface area (Å²) < 4.78 is 0. The second kappa shape index (κ2) is 6.82. The summed E-state index contributed by atoms with van der Waals surface area (Å²) >= 11 is 0. The standard InChI is InChI=1S/C22H28N4O3/c23-19(27)18-2-1-17(13-24-18)20(28)25-3-5-26(6-4-25)21(29)22-10-14-7-15(11-22)9-16(8-14)12-22/h1-2,13-16H,3-12H2,(H2,23,27). The highest BCUT2D eigenvalue weighted by Crippen LogP contribution is 2.60. The molecule has 4 aliphatic carbocycles. The number of carbonyl (C=O) groups excluding carboxylic acids is 3. The topological polar surface area (TPSA) is 96.6 Å². The molecule has 7 nitrogen and oxygen atoms in total. The Bertz CT molecular complexity index is 807. The first-order chi connectivity index (χ1) is 13.9. The number of rotatable bonds is 3. The van der Waals surface area contributed by atoms with E-state index in [1.165, 1.54) is 31.5 Å². The molecule has 0 radical (unpaired) electrons. The smallest absolute Gasteiger partial charge is 0.267 e. The third-order valence-corrected chi connectivity index (χ3v) is 7.61. The Morgan fingerprint density at radius 2 is 1.45 bits per heavy atom. The lowest BCUT2D eigenvalue weighted by atomic mass is 9.49. The minimum absolute atomic E-state index is 0.115. The highest BCUT2D eigenvalue weighted by atomic mass is 16.2. The van der Waals surface area contributed by atoms with Crippen molar-refractivity contribution in [3.8, 4) is 0 Å². The summed E-state index contributed by atoms with van der Waals surface area (Å²) in [6, 6.07) is 3.06. The Balaban J connectivity index is 1.22. The molecule has 5 aliphatic rings. The van der Waals surface area contributed by atoms with Gasteiger partial charge >= 0.3 is 0 Å². The van der Waals surface area contributed by atoms with E-state index in [9.17, 15) is 14.4 Å². The summed E-state index contributed by atoms with van der Waals surface area (Å²) in [5.74, 6) is 1.88. The number of nitrogens with zero attached hydrogens (tertiary/aromatic N) is 3. The highest BCUT2D eigenvalue weighted by molar-refractivity contribution is 5.96. The average molecular weight is 396 g/mol. The van der Waals surface area contributed by atoms with Gasteiger partial charge in [0.25, 0.3) is 11.8 Å². The van der Waals surface area contributed by atoms with Crippen molar-refractivity contribution < 1.29 is 14.4 Å². The number of nitrogens with two attached hydrogens (primary N) is 1. The summed E-state index contributed by atoms with van der Waals surface area (Å²) in [6.07, 6.45) is 8.63. The Hall–Kier alpha value is -2.44. The van der Waals surface area contributed by atoms with Crippen LogP contribution in [-0.4, -0.2) is 58.7 Å². The molecule has 6 rings (SSSR count). The first-order valence-electron chi connectivity index (χ1n) is 10.8. The Kier molecular flexibility index (Phi) is 4.37. The third-order valence-electron chi connectivity index (χ3n) is 7.61. The molecule has 7 heteroatoms. The van der Waals surface area contributed by atoms with E-state index < -0.39 is 5.91 Å². The van der Waals surface area contributed by atoms with Crippen LogP contribution in [0.3, 0.4) is 0 Å². The van der Waals surface area contributed by atoms with E-state index in [-0.39, 0.29) is 17.0 Å². The predicted octanol–water partition coefficient (Wildman–Crippen LogP) is 1.68. The van der Waals surface area contributed by atoms with Gasteiger partial charge in [0.15, 0.2) is 0 Å². The zero-order valence-electron chi connectivity index (χ0n) is 16.7. The van der Waals surface area contributed by atoms with E-state index >= 15 is 0 Å². The average Bonchev–Trinajstić information content (AvgIpc) is 2.72. The van der Waals surface area contributed by atoms with Crippen molar-refractivity contribution in [3.05, 3.63) is 29.6 Å². The second-order valence-electron chi connectivity index (χ2n) is 9.58. The maximum atomic E-state index is 13.5. The van der Waals surface area contributed by atoms with E-state index in [1.54, 1.807) is 11.0 Å². The number of amides is 3. The van der Waals surface area contributed by atoms with Crippen molar-refractivity contribution >= 4 is 17.7 Å². The quantitative estimate of drug-likeness (QED) is 0.841. The minimum atomic E-state index is -0.610. The summed E-state index contributed by atoms with van der Waals surface area (Å²) in [5, 5.41) is 0. The fraction of sp³-hybridized carbons (Fsp3) is 0.636. The molecule has 1 aromatic heterocycles. The molecule has 29 heavy (non-hydrogen) atoms. The van der Waals surface area contributed by atoms with Crippen molar-refractivity contribution in [2.75, 3.05) is 26.2 Å². The largest absolute Gasteiger partial charge is 0.364 e. The van der Waals surface area contributed by atoms with Crippen LogP contribution in [0.15, 0.2) is 18.3 Å². The van der Waals surface area contributed by atoms with Crippen molar-refractivity contribution in [2.24, 2.45) is 28.9 Å². The van der Waals surface area contributed by atoms with Gasteiger partial charge in [0.05, 0.1) is 11.0 Å². The van der Waals surface area contributed by atoms with Gasteiger partial charge in [-0.1, -0.05) is 0 Å². The fourth-order valence-corrected chi connectivity index (χ4v) is 6.67. The molecule has 5 fully saturated rings. The number of aromatic nitrogens is 1. The fourth-order valence-electron chi connectivity index (χ4n) is 6.67. The summed E-state index contributed by atoms with van der Waals surface area (Å²) in [7, 11) is 0. The van der Waals surface area contributed by atoms with Gasteiger partial charge in [-0.2, -0.15) is 0 Å². The van der Waals surface area contributed by atoms with Crippen LogP contribution in [-0.2, 0) is 4.79 Å². The Morgan fingerprint density at radius 3 is 1.93 bits per heavy atom. The maximum Gasteiger partial charge on any atom is 0.267 e. The SMILES string of the molecule is NC(=O)c1ccc(C(=O)N2CCN(C(=O)C34CC5CC(CC(C5)C3)C4)CC2)cn1. The summed E-state index contributed by atoms with van der Waals surface area (Å²) in [4.78, 5) is 45.1. The van der Waals surface area contributed by atoms with Crippen LogP contribution in [0.25, 0.3) is 0 Å². The molecule has 0 atom stereocenters. The van der Waals surface area contributed by atoms with Crippen LogP contribution >= 0.6 is 0 Å². The Labute approximate surface area is 170 Å². The van der Waals surface area contributed by atoms with E-state index in [0.29, 0.717) is 37.6 Å². The molecule has 154 valence electrons. The van der Waals surface area contributed by atoms with Crippen molar-refractivity contribution in [1.82, 2.24) is 14.8 Å². The van der Waals surface area contributed by atoms with Gasteiger partial charge in [-0.15, -0.1) is 0 Å². The van der Waals surface area contributed by atoms with Crippen LogP contribution in [0, 0.1) is 23.2 Å². The number of carbonyl (C=O) groups is 3. The minimum Gasteiger partial charge on any atom is -0.364 e. The zero-order chi connectivity index (χ0) is 20.2. The molecule has 1 aromatic rings. The molecule has 1 saturated heterocycles. The molecule has 3 amide bonds. The monoisotopic (exact) mass is 396 g/mol. The predicted molar refractivity (Wildman–Crippen MR) is 106 cm³/mol. The molecule has 4 bridgehead atoms. The number of pyridine rings is 1. The van der Waals surface area contributed by atoms with Gasteiger partial charge in [-0.05, 0) is 68.4 Å². The number of hydrogen-bond donors (Lipinski definition) is 1. The van der Waals surface area contributed by atoms with Gasteiger partial charge in [0, 0.05) is 32.4 Å². The van der Waals surface area contributed by atoms with E-state index in [4.69, 9.17) is 5.73 Å². The zero-order valence-corrected chi connectivity index (χ0v) is 16.7. The molecule has 2 heterocycles. The van der Waals surface area contributed by atoms with E-state index in [1.807, 2.05) is 4.90 Å². The van der Waals surface area contributed by atoms with Gasteiger partial charge in [-0.25, -0.2) is 0 Å². The normalized spacial score (nSPS) is 33.0. The highest BCUT2D eigenvalue weighted by Gasteiger charge is 2.55. The third kappa shape index (κ3) is 3.20. The van der Waals surface area contributed by atoms with Gasteiger partial charge < -0.3 is 15.5 Å². The van der Waals surface area contributed by atoms with Crippen molar-refractivity contribution in [3.63, 3.8) is 0 Å². The van der Waals surface area contributed by atoms with E-state index in [0.717, 1.165) is 37.0 Å². The van der Waals surface area contributed by atoms with Gasteiger partial charge in [0.1, 0.15) is 5.69 Å². The lowest BCUT2D eigenvalue weighted by Gasteiger charge is -2.57. The van der Waals surface area contributed by atoms with E-state index in [2.05, 4.69) is 4.98 Å². The lowest BCUT2D eigenvalue weighted by Crippen LogP contribution is -2.58. The summed E-state index contributed by atoms with van der Waals surface area (Å²) in [5.41, 5.74) is 5.67. The van der Waals surface area contributed by atoms with Crippen molar-refractivity contribution in [2.45, 2.75) is 38.5 Å². The molecule has 0 unspecified atom stereocenters.